The van der Waals surface area contributed by atoms with Gasteiger partial charge in [-0.25, -0.2) is 4.39 Å². The van der Waals surface area contributed by atoms with Crippen LogP contribution in [0.25, 0.3) is 11.4 Å². The summed E-state index contributed by atoms with van der Waals surface area (Å²) in [5, 5.41) is 8.11. The topological polar surface area (TPSA) is 56.7 Å². The molecule has 3 rings (SSSR count). The number of para-hydroxylation sites is 1. The van der Waals surface area contributed by atoms with E-state index in [0.717, 1.165) is 12.8 Å². The SMILES string of the molecule is Nc1c(F)cccc1-c1nncn1C1CCCCC1. The third-order valence-electron chi connectivity index (χ3n) is 3.83. The van der Waals surface area contributed by atoms with Crippen molar-refractivity contribution < 1.29 is 4.39 Å². The van der Waals surface area contributed by atoms with E-state index in [2.05, 4.69) is 10.2 Å². The molecule has 0 amide bonds. The van der Waals surface area contributed by atoms with Crippen molar-refractivity contribution in [3.05, 3.63) is 30.3 Å². The standard InChI is InChI=1S/C14H17FN4/c15-12-8-4-7-11(13(12)16)14-18-17-9-19(14)10-5-2-1-3-6-10/h4,7-10H,1-3,5-6,16H2. The number of nitrogen functional groups attached to an aromatic ring is 1. The Morgan fingerprint density at radius 2 is 2.00 bits per heavy atom. The van der Waals surface area contributed by atoms with Crippen LogP contribution in [0.1, 0.15) is 38.1 Å². The predicted molar refractivity (Wildman–Crippen MR) is 72.0 cm³/mol. The van der Waals surface area contributed by atoms with Crippen LogP contribution in [0.5, 0.6) is 0 Å². The molecule has 1 aromatic carbocycles. The number of anilines is 1. The molecule has 1 aliphatic rings. The first-order valence-corrected chi connectivity index (χ1v) is 6.71. The summed E-state index contributed by atoms with van der Waals surface area (Å²) in [6.07, 6.45) is 7.72. The van der Waals surface area contributed by atoms with Gasteiger partial charge in [0.05, 0.1) is 5.69 Å². The first-order valence-electron chi connectivity index (χ1n) is 6.71. The van der Waals surface area contributed by atoms with Gasteiger partial charge in [-0.3, -0.25) is 0 Å². The summed E-state index contributed by atoms with van der Waals surface area (Å²) in [5.74, 6) is 0.264. The number of rotatable bonds is 2. The van der Waals surface area contributed by atoms with Crippen LogP contribution in [0.15, 0.2) is 24.5 Å². The van der Waals surface area contributed by atoms with Gasteiger partial charge in [0.25, 0.3) is 0 Å². The number of nitrogens with two attached hydrogens (primary N) is 1. The minimum absolute atomic E-state index is 0.146. The Morgan fingerprint density at radius 1 is 1.21 bits per heavy atom. The summed E-state index contributed by atoms with van der Waals surface area (Å²) in [5.41, 5.74) is 6.59. The fourth-order valence-electron chi connectivity index (χ4n) is 2.79. The predicted octanol–water partition coefficient (Wildman–Crippen LogP) is 3.17. The molecule has 4 nitrogen and oxygen atoms in total. The Balaban J connectivity index is 2.01. The van der Waals surface area contributed by atoms with Crippen molar-refractivity contribution in [1.29, 1.82) is 0 Å². The summed E-state index contributed by atoms with van der Waals surface area (Å²) in [4.78, 5) is 0. The zero-order valence-electron chi connectivity index (χ0n) is 10.7. The van der Waals surface area contributed by atoms with E-state index < -0.39 is 5.82 Å². The Labute approximate surface area is 111 Å². The minimum Gasteiger partial charge on any atom is -0.396 e. The molecular weight excluding hydrogens is 243 g/mol. The third kappa shape index (κ3) is 2.20. The lowest BCUT2D eigenvalue weighted by atomic mass is 9.95. The van der Waals surface area contributed by atoms with Crippen LogP contribution in [0.2, 0.25) is 0 Å². The maximum Gasteiger partial charge on any atom is 0.166 e. The van der Waals surface area contributed by atoms with Gasteiger partial charge in [-0.15, -0.1) is 10.2 Å². The number of benzene rings is 1. The minimum atomic E-state index is -0.407. The van der Waals surface area contributed by atoms with Crippen molar-refractivity contribution >= 4 is 5.69 Å². The Kier molecular flexibility index (Phi) is 3.19. The van der Waals surface area contributed by atoms with Crippen LogP contribution in [-0.2, 0) is 0 Å². The molecule has 0 aliphatic heterocycles. The average molecular weight is 260 g/mol. The highest BCUT2D eigenvalue weighted by Gasteiger charge is 2.20. The zero-order chi connectivity index (χ0) is 13.2. The third-order valence-corrected chi connectivity index (χ3v) is 3.83. The molecule has 1 aromatic heterocycles. The fraction of sp³-hybridized carbons (Fsp3) is 0.429. The number of hydrogen-bond donors (Lipinski definition) is 1. The van der Waals surface area contributed by atoms with Gasteiger partial charge >= 0.3 is 0 Å². The molecule has 2 N–H and O–H groups in total. The molecule has 0 spiro atoms. The van der Waals surface area contributed by atoms with Crippen molar-refractivity contribution in [1.82, 2.24) is 14.8 Å². The summed E-state index contributed by atoms with van der Waals surface area (Å²) in [7, 11) is 0. The highest BCUT2D eigenvalue weighted by Crippen LogP contribution is 2.33. The molecular formula is C14H17FN4. The normalized spacial score (nSPS) is 16.7. The number of nitrogens with zero attached hydrogens (tertiary/aromatic N) is 3. The van der Waals surface area contributed by atoms with Crippen LogP contribution in [0.3, 0.4) is 0 Å². The lowest BCUT2D eigenvalue weighted by Crippen LogP contribution is -2.13. The van der Waals surface area contributed by atoms with Crippen LogP contribution < -0.4 is 5.73 Å². The maximum atomic E-state index is 13.6. The highest BCUT2D eigenvalue weighted by atomic mass is 19.1. The van der Waals surface area contributed by atoms with Crippen molar-refractivity contribution in [3.8, 4) is 11.4 Å². The molecule has 1 aliphatic carbocycles. The average Bonchev–Trinajstić information content (AvgIpc) is 2.92. The lowest BCUT2D eigenvalue weighted by Gasteiger charge is -2.24. The molecule has 2 aromatic rings. The quantitative estimate of drug-likeness (QED) is 0.844. The molecule has 0 saturated heterocycles. The van der Waals surface area contributed by atoms with E-state index >= 15 is 0 Å². The second-order valence-corrected chi connectivity index (χ2v) is 5.05. The molecule has 100 valence electrons. The van der Waals surface area contributed by atoms with E-state index in [1.165, 1.54) is 25.3 Å². The van der Waals surface area contributed by atoms with E-state index in [9.17, 15) is 4.39 Å². The van der Waals surface area contributed by atoms with E-state index in [0.29, 0.717) is 17.4 Å². The molecule has 5 heteroatoms. The summed E-state index contributed by atoms with van der Waals surface area (Å²) < 4.78 is 15.6. The maximum absolute atomic E-state index is 13.6. The van der Waals surface area contributed by atoms with Gasteiger partial charge in [0.2, 0.25) is 0 Å². The van der Waals surface area contributed by atoms with Crippen LogP contribution >= 0.6 is 0 Å². The Bertz CT molecular complexity index is 573. The van der Waals surface area contributed by atoms with E-state index in [1.54, 1.807) is 18.5 Å². The van der Waals surface area contributed by atoms with Gasteiger partial charge in [-0.2, -0.15) is 0 Å². The summed E-state index contributed by atoms with van der Waals surface area (Å²) in [6.45, 7) is 0. The molecule has 0 radical (unpaired) electrons. The second kappa shape index (κ2) is 4.99. The largest absolute Gasteiger partial charge is 0.396 e. The van der Waals surface area contributed by atoms with Crippen molar-refractivity contribution in [2.75, 3.05) is 5.73 Å². The first kappa shape index (κ1) is 12.1. The summed E-state index contributed by atoms with van der Waals surface area (Å²) >= 11 is 0. The van der Waals surface area contributed by atoms with E-state index in [-0.39, 0.29) is 5.69 Å². The van der Waals surface area contributed by atoms with Crippen LogP contribution in [0.4, 0.5) is 10.1 Å². The van der Waals surface area contributed by atoms with Crippen LogP contribution in [0, 0.1) is 5.82 Å². The van der Waals surface area contributed by atoms with Gasteiger partial charge in [0.1, 0.15) is 12.1 Å². The monoisotopic (exact) mass is 260 g/mol. The number of hydrogen-bond acceptors (Lipinski definition) is 3. The van der Waals surface area contributed by atoms with Gasteiger partial charge in [-0.1, -0.05) is 25.3 Å². The molecule has 1 fully saturated rings. The van der Waals surface area contributed by atoms with Crippen molar-refractivity contribution in [2.45, 2.75) is 38.1 Å². The number of aromatic nitrogens is 3. The lowest BCUT2D eigenvalue weighted by molar-refractivity contribution is 0.355. The first-order chi connectivity index (χ1) is 9.27. The van der Waals surface area contributed by atoms with E-state index in [4.69, 9.17) is 5.73 Å². The molecule has 1 heterocycles. The van der Waals surface area contributed by atoms with Crippen molar-refractivity contribution in [3.63, 3.8) is 0 Å². The number of halogens is 1. The van der Waals surface area contributed by atoms with Gasteiger partial charge < -0.3 is 10.3 Å². The Morgan fingerprint density at radius 3 is 2.79 bits per heavy atom. The summed E-state index contributed by atoms with van der Waals surface area (Å²) in [6, 6.07) is 5.21. The molecule has 19 heavy (non-hydrogen) atoms. The van der Waals surface area contributed by atoms with Gasteiger partial charge in [0, 0.05) is 11.6 Å². The van der Waals surface area contributed by atoms with Crippen molar-refractivity contribution in [2.24, 2.45) is 0 Å². The molecule has 0 bridgehead atoms. The second-order valence-electron chi connectivity index (χ2n) is 5.05. The molecule has 0 atom stereocenters. The zero-order valence-corrected chi connectivity index (χ0v) is 10.7. The Hall–Kier alpha value is -1.91. The van der Waals surface area contributed by atoms with Gasteiger partial charge in [-0.05, 0) is 25.0 Å². The fourth-order valence-corrected chi connectivity index (χ4v) is 2.79. The molecule has 1 saturated carbocycles. The highest BCUT2D eigenvalue weighted by molar-refractivity contribution is 5.71. The van der Waals surface area contributed by atoms with Crippen LogP contribution in [-0.4, -0.2) is 14.8 Å². The smallest absolute Gasteiger partial charge is 0.166 e. The molecule has 0 unspecified atom stereocenters. The van der Waals surface area contributed by atoms with E-state index in [1.807, 2.05) is 4.57 Å². The van der Waals surface area contributed by atoms with Gasteiger partial charge in [0.15, 0.2) is 5.82 Å².